The highest BCUT2D eigenvalue weighted by Gasteiger charge is 2.12. The van der Waals surface area contributed by atoms with Crippen molar-refractivity contribution < 1.29 is 14.3 Å². The number of methoxy groups -OCH3 is 1. The van der Waals surface area contributed by atoms with Crippen molar-refractivity contribution in [1.82, 2.24) is 5.43 Å². The smallest absolute Gasteiger partial charge is 0.329 e. The highest BCUT2D eigenvalue weighted by Crippen LogP contribution is 2.24. The summed E-state index contributed by atoms with van der Waals surface area (Å²) < 4.78 is 5.04. The summed E-state index contributed by atoms with van der Waals surface area (Å²) in [6.45, 7) is 1.89. The SMILES string of the molecule is COc1ccc(/C=N\NC(=O)C(=O)Nc2cccc(C)c2)cc1Cl. The molecule has 0 fully saturated rings. The van der Waals surface area contributed by atoms with Gasteiger partial charge in [-0.1, -0.05) is 23.7 Å². The van der Waals surface area contributed by atoms with Gasteiger partial charge in [0.1, 0.15) is 5.75 Å². The second-order valence-electron chi connectivity index (χ2n) is 4.92. The number of halogens is 1. The molecule has 2 aromatic rings. The molecule has 124 valence electrons. The van der Waals surface area contributed by atoms with Crippen molar-refractivity contribution in [1.29, 1.82) is 0 Å². The summed E-state index contributed by atoms with van der Waals surface area (Å²) in [7, 11) is 1.52. The van der Waals surface area contributed by atoms with Crippen molar-refractivity contribution in [2.45, 2.75) is 6.92 Å². The van der Waals surface area contributed by atoms with E-state index in [0.717, 1.165) is 5.56 Å². The Kier molecular flexibility index (Phi) is 5.92. The maximum Gasteiger partial charge on any atom is 0.329 e. The topological polar surface area (TPSA) is 79.8 Å². The van der Waals surface area contributed by atoms with E-state index in [1.54, 1.807) is 36.4 Å². The Bertz CT molecular complexity index is 790. The molecule has 0 unspecified atom stereocenters. The number of anilines is 1. The number of hydrogen-bond acceptors (Lipinski definition) is 4. The van der Waals surface area contributed by atoms with E-state index < -0.39 is 11.8 Å². The highest BCUT2D eigenvalue weighted by atomic mass is 35.5. The molecule has 0 radical (unpaired) electrons. The number of carbonyl (C=O) groups excluding carboxylic acids is 2. The number of nitrogens with zero attached hydrogens (tertiary/aromatic N) is 1. The average molecular weight is 346 g/mol. The van der Waals surface area contributed by atoms with Gasteiger partial charge in [-0.05, 0) is 48.4 Å². The van der Waals surface area contributed by atoms with Crippen LogP contribution in [0.15, 0.2) is 47.6 Å². The number of hydrazone groups is 1. The van der Waals surface area contributed by atoms with Gasteiger partial charge in [0, 0.05) is 5.69 Å². The lowest BCUT2D eigenvalue weighted by atomic mass is 10.2. The van der Waals surface area contributed by atoms with E-state index in [-0.39, 0.29) is 0 Å². The fraction of sp³-hybridized carbons (Fsp3) is 0.118. The van der Waals surface area contributed by atoms with Gasteiger partial charge in [0.2, 0.25) is 0 Å². The largest absolute Gasteiger partial charge is 0.495 e. The summed E-state index contributed by atoms with van der Waals surface area (Å²) in [5, 5.41) is 6.65. The number of rotatable bonds is 4. The Balaban J connectivity index is 1.92. The number of aryl methyl sites for hydroxylation is 1. The quantitative estimate of drug-likeness (QED) is 0.508. The van der Waals surface area contributed by atoms with E-state index >= 15 is 0 Å². The minimum absolute atomic E-state index is 0.421. The minimum atomic E-state index is -0.868. The normalized spacial score (nSPS) is 10.5. The van der Waals surface area contributed by atoms with E-state index in [1.807, 2.05) is 13.0 Å². The van der Waals surface area contributed by atoms with Crippen LogP contribution in [0.5, 0.6) is 5.75 Å². The first kappa shape index (κ1) is 17.5. The lowest BCUT2D eigenvalue weighted by Gasteiger charge is -2.05. The Morgan fingerprint density at radius 3 is 2.62 bits per heavy atom. The van der Waals surface area contributed by atoms with Gasteiger partial charge in [0.05, 0.1) is 18.3 Å². The third kappa shape index (κ3) is 4.82. The van der Waals surface area contributed by atoms with Crippen molar-refractivity contribution in [3.05, 3.63) is 58.6 Å². The number of benzene rings is 2. The number of amides is 2. The summed E-state index contributed by atoms with van der Waals surface area (Å²) >= 11 is 5.99. The van der Waals surface area contributed by atoms with Crippen molar-refractivity contribution in [3.63, 3.8) is 0 Å². The zero-order valence-corrected chi connectivity index (χ0v) is 13.9. The molecule has 0 bridgehead atoms. The average Bonchev–Trinajstić information content (AvgIpc) is 2.55. The molecule has 0 spiro atoms. The Labute approximate surface area is 144 Å². The molecule has 6 nitrogen and oxygen atoms in total. The zero-order chi connectivity index (χ0) is 17.5. The van der Waals surface area contributed by atoms with Gasteiger partial charge in [-0.2, -0.15) is 5.10 Å². The lowest BCUT2D eigenvalue weighted by molar-refractivity contribution is -0.136. The second-order valence-corrected chi connectivity index (χ2v) is 5.32. The van der Waals surface area contributed by atoms with Gasteiger partial charge < -0.3 is 10.1 Å². The second kappa shape index (κ2) is 8.12. The van der Waals surface area contributed by atoms with Crippen LogP contribution in [0.25, 0.3) is 0 Å². The summed E-state index contributed by atoms with van der Waals surface area (Å²) in [6.07, 6.45) is 1.38. The molecule has 0 aliphatic carbocycles. The first-order valence-corrected chi connectivity index (χ1v) is 7.42. The molecule has 0 aliphatic heterocycles. The Morgan fingerprint density at radius 2 is 1.96 bits per heavy atom. The molecule has 24 heavy (non-hydrogen) atoms. The molecular weight excluding hydrogens is 330 g/mol. The van der Waals surface area contributed by atoms with Gasteiger partial charge in [-0.25, -0.2) is 5.43 Å². The van der Waals surface area contributed by atoms with Crippen LogP contribution in [0.3, 0.4) is 0 Å². The molecule has 2 N–H and O–H groups in total. The number of carbonyl (C=O) groups is 2. The van der Waals surface area contributed by atoms with E-state index in [2.05, 4.69) is 15.8 Å². The molecule has 0 saturated carbocycles. The molecule has 2 rings (SSSR count). The summed E-state index contributed by atoms with van der Waals surface area (Å²) in [6, 6.07) is 12.1. The van der Waals surface area contributed by atoms with Crippen molar-refractivity contribution in [3.8, 4) is 5.75 Å². The van der Waals surface area contributed by atoms with Gasteiger partial charge >= 0.3 is 11.8 Å². The van der Waals surface area contributed by atoms with Gasteiger partial charge in [0.15, 0.2) is 0 Å². The maximum absolute atomic E-state index is 11.8. The predicted octanol–water partition coefficient (Wildman–Crippen LogP) is 2.75. The van der Waals surface area contributed by atoms with Crippen LogP contribution in [-0.2, 0) is 9.59 Å². The Morgan fingerprint density at radius 1 is 1.17 bits per heavy atom. The van der Waals surface area contributed by atoms with Crippen LogP contribution in [0, 0.1) is 6.92 Å². The summed E-state index contributed by atoms with van der Waals surface area (Å²) in [4.78, 5) is 23.5. The fourth-order valence-corrected chi connectivity index (χ4v) is 2.16. The van der Waals surface area contributed by atoms with Crippen LogP contribution in [0.1, 0.15) is 11.1 Å². The molecule has 0 saturated heterocycles. The third-order valence-corrected chi connectivity index (χ3v) is 3.33. The van der Waals surface area contributed by atoms with Crippen molar-refractivity contribution >= 4 is 35.3 Å². The summed E-state index contributed by atoms with van der Waals surface area (Å²) in [5.41, 5.74) is 4.33. The fourth-order valence-electron chi connectivity index (χ4n) is 1.89. The minimum Gasteiger partial charge on any atom is -0.495 e. The molecular formula is C17H16ClN3O3. The Hall–Kier alpha value is -2.86. The molecule has 7 heteroatoms. The van der Waals surface area contributed by atoms with Gasteiger partial charge in [-0.15, -0.1) is 0 Å². The van der Waals surface area contributed by atoms with E-state index in [4.69, 9.17) is 16.3 Å². The molecule has 0 atom stereocenters. The van der Waals surface area contributed by atoms with Crippen molar-refractivity contribution in [2.75, 3.05) is 12.4 Å². The van der Waals surface area contributed by atoms with Crippen LogP contribution >= 0.6 is 11.6 Å². The van der Waals surface area contributed by atoms with Gasteiger partial charge in [0.25, 0.3) is 0 Å². The highest BCUT2D eigenvalue weighted by molar-refractivity contribution is 6.39. The van der Waals surface area contributed by atoms with Crippen LogP contribution in [0.2, 0.25) is 5.02 Å². The van der Waals surface area contributed by atoms with Gasteiger partial charge in [-0.3, -0.25) is 9.59 Å². The summed E-state index contributed by atoms with van der Waals surface area (Å²) in [5.74, 6) is -1.13. The van der Waals surface area contributed by atoms with Crippen LogP contribution in [0.4, 0.5) is 5.69 Å². The third-order valence-electron chi connectivity index (χ3n) is 3.04. The van der Waals surface area contributed by atoms with Crippen LogP contribution < -0.4 is 15.5 Å². The van der Waals surface area contributed by atoms with Crippen LogP contribution in [-0.4, -0.2) is 25.1 Å². The molecule has 0 heterocycles. The first-order chi connectivity index (χ1) is 11.5. The van der Waals surface area contributed by atoms with Crippen molar-refractivity contribution in [2.24, 2.45) is 5.10 Å². The van der Waals surface area contributed by atoms with E-state index in [0.29, 0.717) is 22.0 Å². The van der Waals surface area contributed by atoms with E-state index in [9.17, 15) is 9.59 Å². The molecule has 2 amide bonds. The lowest BCUT2D eigenvalue weighted by Crippen LogP contribution is -2.32. The maximum atomic E-state index is 11.8. The number of ether oxygens (including phenoxy) is 1. The van der Waals surface area contributed by atoms with E-state index in [1.165, 1.54) is 13.3 Å². The number of nitrogens with one attached hydrogen (secondary N) is 2. The monoisotopic (exact) mass is 345 g/mol. The zero-order valence-electron chi connectivity index (χ0n) is 13.2. The standard InChI is InChI=1S/C17H16ClN3O3/c1-11-4-3-5-13(8-11)20-16(22)17(23)21-19-10-12-6-7-15(24-2)14(18)9-12/h3-10H,1-2H3,(H,20,22)(H,21,23)/b19-10-. The molecule has 2 aromatic carbocycles. The molecule has 0 aliphatic rings. The predicted molar refractivity (Wildman–Crippen MR) is 93.5 cm³/mol. The first-order valence-electron chi connectivity index (χ1n) is 7.04. The molecule has 0 aromatic heterocycles. The number of hydrogen-bond donors (Lipinski definition) is 2.